The first kappa shape index (κ1) is 15.2. The number of amides is 1. The maximum Gasteiger partial charge on any atom is 0.222 e. The lowest BCUT2D eigenvalue weighted by atomic mass is 9.78. The van der Waals surface area contributed by atoms with Gasteiger partial charge in [0, 0.05) is 32.6 Å². The van der Waals surface area contributed by atoms with Crippen molar-refractivity contribution in [2.45, 2.75) is 43.9 Å². The third-order valence-corrected chi connectivity index (χ3v) is 6.42. The van der Waals surface area contributed by atoms with E-state index in [9.17, 15) is 4.79 Å². The van der Waals surface area contributed by atoms with Gasteiger partial charge in [-0.1, -0.05) is 24.3 Å². The van der Waals surface area contributed by atoms with Crippen LogP contribution in [0.1, 0.15) is 43.2 Å². The molecule has 2 aliphatic carbocycles. The Hall–Kier alpha value is -1.35. The second kappa shape index (κ2) is 5.94. The van der Waals surface area contributed by atoms with Crippen molar-refractivity contribution in [3.8, 4) is 0 Å². The van der Waals surface area contributed by atoms with Crippen LogP contribution >= 0.6 is 0 Å². The number of hydrogen-bond acceptors (Lipinski definition) is 2. The molecule has 23 heavy (non-hydrogen) atoms. The van der Waals surface area contributed by atoms with E-state index in [1.807, 2.05) is 0 Å². The van der Waals surface area contributed by atoms with Gasteiger partial charge in [-0.3, -0.25) is 4.79 Å². The Morgan fingerprint density at radius 2 is 2.00 bits per heavy atom. The van der Waals surface area contributed by atoms with Gasteiger partial charge in [-0.15, -0.1) is 0 Å². The largest absolute Gasteiger partial charge is 0.340 e. The summed E-state index contributed by atoms with van der Waals surface area (Å²) in [4.78, 5) is 16.8. The molecule has 3 heteroatoms. The summed E-state index contributed by atoms with van der Waals surface area (Å²) in [5, 5.41) is 0. The zero-order chi connectivity index (χ0) is 15.9. The summed E-state index contributed by atoms with van der Waals surface area (Å²) in [6, 6.07) is 9.01. The Bertz CT molecular complexity index is 591. The van der Waals surface area contributed by atoms with Gasteiger partial charge >= 0.3 is 0 Å². The molecule has 3 nitrogen and oxygen atoms in total. The van der Waals surface area contributed by atoms with Gasteiger partial charge in [0.1, 0.15) is 0 Å². The van der Waals surface area contributed by atoms with E-state index in [4.69, 9.17) is 0 Å². The molecule has 1 aliphatic heterocycles. The lowest BCUT2D eigenvalue weighted by Crippen LogP contribution is -2.47. The van der Waals surface area contributed by atoms with Gasteiger partial charge < -0.3 is 9.80 Å². The number of carbonyl (C=O) groups is 1. The Morgan fingerprint density at radius 3 is 2.83 bits per heavy atom. The van der Waals surface area contributed by atoms with Gasteiger partial charge in [0.05, 0.1) is 0 Å². The summed E-state index contributed by atoms with van der Waals surface area (Å²) in [7, 11) is 2.14. The first-order valence-corrected chi connectivity index (χ1v) is 9.24. The number of rotatable bonds is 3. The summed E-state index contributed by atoms with van der Waals surface area (Å²) in [6.45, 7) is 3.86. The van der Waals surface area contributed by atoms with Crippen molar-refractivity contribution < 1.29 is 4.79 Å². The van der Waals surface area contributed by atoms with E-state index in [1.54, 1.807) is 11.1 Å². The van der Waals surface area contributed by atoms with Crippen LogP contribution in [0.3, 0.4) is 0 Å². The fourth-order valence-corrected chi connectivity index (χ4v) is 4.86. The molecule has 1 saturated heterocycles. The van der Waals surface area contributed by atoms with Crippen LogP contribution in [0.5, 0.6) is 0 Å². The van der Waals surface area contributed by atoms with E-state index in [0.717, 1.165) is 44.9 Å². The number of aryl methyl sites for hydroxylation is 1. The minimum atomic E-state index is 0.379. The van der Waals surface area contributed by atoms with E-state index in [0.29, 0.717) is 11.3 Å². The molecule has 1 aromatic carbocycles. The Kier molecular flexibility index (Phi) is 3.92. The molecule has 0 bridgehead atoms. The minimum Gasteiger partial charge on any atom is -0.340 e. The average Bonchev–Trinajstić information content (AvgIpc) is 3.27. The second-order valence-electron chi connectivity index (χ2n) is 7.79. The van der Waals surface area contributed by atoms with Crippen LogP contribution in [0.2, 0.25) is 0 Å². The zero-order valence-electron chi connectivity index (χ0n) is 14.3. The van der Waals surface area contributed by atoms with Crippen molar-refractivity contribution in [3.63, 3.8) is 0 Å². The highest BCUT2D eigenvalue weighted by Gasteiger charge is 2.55. The number of piperazine rings is 1. The quantitative estimate of drug-likeness (QED) is 0.857. The molecule has 2 fully saturated rings. The summed E-state index contributed by atoms with van der Waals surface area (Å²) >= 11 is 0. The monoisotopic (exact) mass is 312 g/mol. The standard InChI is InChI=1S/C20H28N2O/c1-21-11-13-22(14-12-21)19(23)9-8-17-15-20(17)10-4-6-16-5-2-3-7-18(16)20/h2-3,5,7,17H,4,6,8-15H2,1H3. The Morgan fingerprint density at radius 1 is 1.22 bits per heavy atom. The van der Waals surface area contributed by atoms with E-state index in [1.165, 1.54) is 25.7 Å². The van der Waals surface area contributed by atoms with Crippen LogP contribution in [0.4, 0.5) is 0 Å². The topological polar surface area (TPSA) is 23.6 Å². The summed E-state index contributed by atoms with van der Waals surface area (Å²) in [6.07, 6.45) is 7.03. The van der Waals surface area contributed by atoms with Crippen LogP contribution < -0.4 is 0 Å². The van der Waals surface area contributed by atoms with E-state index < -0.39 is 0 Å². The molecule has 1 amide bonds. The van der Waals surface area contributed by atoms with Gasteiger partial charge in [-0.25, -0.2) is 0 Å². The molecule has 1 spiro atoms. The lowest BCUT2D eigenvalue weighted by Gasteiger charge is -2.32. The number of nitrogens with zero attached hydrogens (tertiary/aromatic N) is 2. The minimum absolute atomic E-state index is 0.379. The van der Waals surface area contributed by atoms with Gasteiger partial charge in [-0.2, -0.15) is 0 Å². The predicted molar refractivity (Wildman–Crippen MR) is 92.5 cm³/mol. The maximum atomic E-state index is 12.5. The smallest absolute Gasteiger partial charge is 0.222 e. The molecular formula is C20H28N2O. The SMILES string of the molecule is CN1CCN(C(=O)CCC2CC23CCCc2ccccc23)CC1. The molecular weight excluding hydrogens is 284 g/mol. The average molecular weight is 312 g/mol. The van der Waals surface area contributed by atoms with Crippen molar-refractivity contribution in [1.29, 1.82) is 0 Å². The fourth-order valence-electron chi connectivity index (χ4n) is 4.86. The third kappa shape index (κ3) is 2.80. The van der Waals surface area contributed by atoms with Crippen molar-refractivity contribution in [1.82, 2.24) is 9.80 Å². The van der Waals surface area contributed by atoms with Crippen molar-refractivity contribution >= 4 is 5.91 Å². The summed E-state index contributed by atoms with van der Waals surface area (Å²) < 4.78 is 0. The first-order valence-electron chi connectivity index (χ1n) is 9.24. The molecule has 3 aliphatic rings. The predicted octanol–water partition coefficient (Wildman–Crippen LogP) is 2.83. The Balaban J connectivity index is 1.35. The van der Waals surface area contributed by atoms with Crippen molar-refractivity contribution in [3.05, 3.63) is 35.4 Å². The van der Waals surface area contributed by atoms with Crippen LogP contribution in [0.15, 0.2) is 24.3 Å². The van der Waals surface area contributed by atoms with Gasteiger partial charge in [0.2, 0.25) is 5.91 Å². The second-order valence-corrected chi connectivity index (χ2v) is 7.79. The number of hydrogen-bond donors (Lipinski definition) is 0. The number of carbonyl (C=O) groups excluding carboxylic acids is 1. The number of fused-ring (bicyclic) bond motifs is 2. The van der Waals surface area contributed by atoms with Gasteiger partial charge in [0.15, 0.2) is 0 Å². The molecule has 0 radical (unpaired) electrons. The molecule has 0 aromatic heterocycles. The van der Waals surface area contributed by atoms with E-state index in [2.05, 4.69) is 41.1 Å². The lowest BCUT2D eigenvalue weighted by molar-refractivity contribution is -0.132. The van der Waals surface area contributed by atoms with Gasteiger partial charge in [-0.05, 0) is 61.6 Å². The van der Waals surface area contributed by atoms with Crippen molar-refractivity contribution in [2.24, 2.45) is 5.92 Å². The highest BCUT2D eigenvalue weighted by molar-refractivity contribution is 5.76. The molecule has 1 saturated carbocycles. The first-order chi connectivity index (χ1) is 11.2. The third-order valence-electron chi connectivity index (χ3n) is 6.42. The number of likely N-dealkylation sites (N-methyl/N-ethyl adjacent to an activating group) is 1. The maximum absolute atomic E-state index is 12.5. The normalized spacial score (nSPS) is 30.3. The number of benzene rings is 1. The Labute approximate surface area is 139 Å². The highest BCUT2D eigenvalue weighted by atomic mass is 16.2. The van der Waals surface area contributed by atoms with Crippen LogP contribution in [0, 0.1) is 5.92 Å². The summed E-state index contributed by atoms with van der Waals surface area (Å²) in [5.74, 6) is 1.12. The fraction of sp³-hybridized carbons (Fsp3) is 0.650. The zero-order valence-corrected chi connectivity index (χ0v) is 14.3. The summed E-state index contributed by atoms with van der Waals surface area (Å²) in [5.41, 5.74) is 3.59. The molecule has 1 aromatic rings. The van der Waals surface area contributed by atoms with Crippen molar-refractivity contribution in [2.75, 3.05) is 33.2 Å². The molecule has 1 heterocycles. The van der Waals surface area contributed by atoms with Crippen LogP contribution in [0.25, 0.3) is 0 Å². The van der Waals surface area contributed by atoms with E-state index in [-0.39, 0.29) is 0 Å². The molecule has 124 valence electrons. The molecule has 2 unspecified atom stereocenters. The molecule has 2 atom stereocenters. The molecule has 4 rings (SSSR count). The molecule has 0 N–H and O–H groups in total. The van der Waals surface area contributed by atoms with Gasteiger partial charge in [0.25, 0.3) is 0 Å². The van der Waals surface area contributed by atoms with Crippen LogP contribution in [-0.2, 0) is 16.6 Å². The highest BCUT2D eigenvalue weighted by Crippen LogP contribution is 2.61. The van der Waals surface area contributed by atoms with E-state index >= 15 is 0 Å². The van der Waals surface area contributed by atoms with Crippen LogP contribution in [-0.4, -0.2) is 48.9 Å².